The maximum absolute atomic E-state index is 4.46. The number of hydrogen-bond acceptors (Lipinski definition) is 5. The van der Waals surface area contributed by atoms with E-state index in [0.29, 0.717) is 0 Å². The molecule has 5 heteroatoms. The van der Waals surface area contributed by atoms with Crippen molar-refractivity contribution < 1.29 is 0 Å². The third-order valence-electron chi connectivity index (χ3n) is 3.83. The zero-order valence-electron chi connectivity index (χ0n) is 14.4. The highest BCUT2D eigenvalue weighted by atomic mass is 15.2. The van der Waals surface area contributed by atoms with Gasteiger partial charge in [-0.25, -0.2) is 9.97 Å². The van der Waals surface area contributed by atoms with E-state index in [1.807, 2.05) is 12.4 Å². The first-order valence-electron chi connectivity index (χ1n) is 8.41. The van der Waals surface area contributed by atoms with Gasteiger partial charge in [-0.3, -0.25) is 4.98 Å². The van der Waals surface area contributed by atoms with Crippen LogP contribution in [-0.4, -0.2) is 41.6 Å². The molecule has 0 fully saturated rings. The minimum Gasteiger partial charge on any atom is -0.359 e. The Balaban J connectivity index is 2.02. The Morgan fingerprint density at radius 3 is 2.22 bits per heavy atom. The summed E-state index contributed by atoms with van der Waals surface area (Å²) in [5.41, 5.74) is 1.29. The van der Waals surface area contributed by atoms with Crippen LogP contribution >= 0.6 is 0 Å². The first-order valence-corrected chi connectivity index (χ1v) is 8.41. The molecule has 2 aromatic rings. The maximum atomic E-state index is 4.46. The number of pyridine rings is 1. The average Bonchev–Trinajstić information content (AvgIpc) is 2.60. The summed E-state index contributed by atoms with van der Waals surface area (Å²) in [6.45, 7) is 7.38. The SMILES string of the molecule is CCCN(CCC)c1cc(N(C)CCc2ccncc2)ncn1. The molecule has 2 heterocycles. The predicted molar refractivity (Wildman–Crippen MR) is 96.0 cm³/mol. The maximum Gasteiger partial charge on any atom is 0.134 e. The fourth-order valence-corrected chi connectivity index (χ4v) is 2.56. The van der Waals surface area contributed by atoms with E-state index in [1.165, 1.54) is 5.56 Å². The molecule has 0 amide bonds. The summed E-state index contributed by atoms with van der Waals surface area (Å²) in [6, 6.07) is 6.21. The van der Waals surface area contributed by atoms with E-state index in [9.17, 15) is 0 Å². The van der Waals surface area contributed by atoms with Gasteiger partial charge >= 0.3 is 0 Å². The first-order chi connectivity index (χ1) is 11.2. The van der Waals surface area contributed by atoms with Crippen molar-refractivity contribution in [1.29, 1.82) is 0 Å². The fraction of sp³-hybridized carbons (Fsp3) is 0.500. The van der Waals surface area contributed by atoms with E-state index in [-0.39, 0.29) is 0 Å². The van der Waals surface area contributed by atoms with Gasteiger partial charge in [-0.15, -0.1) is 0 Å². The van der Waals surface area contributed by atoms with Crippen LogP contribution in [0.3, 0.4) is 0 Å². The topological polar surface area (TPSA) is 45.2 Å². The Kier molecular flexibility index (Phi) is 6.78. The minimum absolute atomic E-state index is 0.919. The Morgan fingerprint density at radius 2 is 1.57 bits per heavy atom. The smallest absolute Gasteiger partial charge is 0.134 e. The number of hydrogen-bond donors (Lipinski definition) is 0. The lowest BCUT2D eigenvalue weighted by atomic mass is 10.2. The molecule has 0 aromatic carbocycles. The third kappa shape index (κ3) is 5.20. The number of aromatic nitrogens is 3. The van der Waals surface area contributed by atoms with Crippen molar-refractivity contribution in [3.8, 4) is 0 Å². The molecule has 0 saturated carbocycles. The van der Waals surface area contributed by atoms with E-state index >= 15 is 0 Å². The van der Waals surface area contributed by atoms with Gasteiger partial charge in [0, 0.05) is 45.1 Å². The number of rotatable bonds is 9. The van der Waals surface area contributed by atoms with E-state index < -0.39 is 0 Å². The molecule has 0 unspecified atom stereocenters. The van der Waals surface area contributed by atoms with Crippen LogP contribution in [0.25, 0.3) is 0 Å². The molecule has 0 radical (unpaired) electrons. The lowest BCUT2D eigenvalue weighted by Crippen LogP contribution is -2.27. The molecule has 0 bridgehead atoms. The molecule has 0 atom stereocenters. The quantitative estimate of drug-likeness (QED) is 0.711. The lowest BCUT2D eigenvalue weighted by Gasteiger charge is -2.24. The molecule has 2 rings (SSSR count). The van der Waals surface area contributed by atoms with Gasteiger partial charge in [0.05, 0.1) is 0 Å². The van der Waals surface area contributed by atoms with Crippen LogP contribution in [0.1, 0.15) is 32.3 Å². The van der Waals surface area contributed by atoms with E-state index in [2.05, 4.69) is 63.8 Å². The van der Waals surface area contributed by atoms with Crippen LogP contribution in [0.15, 0.2) is 36.9 Å². The van der Waals surface area contributed by atoms with Gasteiger partial charge in [0.15, 0.2) is 0 Å². The van der Waals surface area contributed by atoms with E-state index in [0.717, 1.165) is 50.5 Å². The zero-order chi connectivity index (χ0) is 16.5. The molecule has 0 saturated heterocycles. The van der Waals surface area contributed by atoms with Crippen LogP contribution in [-0.2, 0) is 6.42 Å². The molecule has 0 aliphatic carbocycles. The third-order valence-corrected chi connectivity index (χ3v) is 3.83. The Morgan fingerprint density at radius 1 is 0.913 bits per heavy atom. The minimum atomic E-state index is 0.919. The molecule has 5 nitrogen and oxygen atoms in total. The highest BCUT2D eigenvalue weighted by molar-refractivity contribution is 5.49. The van der Waals surface area contributed by atoms with Crippen LogP contribution in [0.4, 0.5) is 11.6 Å². The molecular weight excluding hydrogens is 286 g/mol. The van der Waals surface area contributed by atoms with Crippen LogP contribution in [0, 0.1) is 0 Å². The zero-order valence-corrected chi connectivity index (χ0v) is 14.4. The van der Waals surface area contributed by atoms with Crippen LogP contribution in [0.2, 0.25) is 0 Å². The monoisotopic (exact) mass is 313 g/mol. The van der Waals surface area contributed by atoms with E-state index in [1.54, 1.807) is 6.33 Å². The molecule has 23 heavy (non-hydrogen) atoms. The van der Waals surface area contributed by atoms with Gasteiger partial charge in [0.1, 0.15) is 18.0 Å². The summed E-state index contributed by atoms with van der Waals surface area (Å²) in [5.74, 6) is 2.00. The molecular formula is C18H27N5. The van der Waals surface area contributed by atoms with Gasteiger partial charge in [-0.05, 0) is 37.0 Å². The second-order valence-electron chi connectivity index (χ2n) is 5.75. The number of anilines is 2. The van der Waals surface area contributed by atoms with Crippen molar-refractivity contribution in [2.24, 2.45) is 0 Å². The Hall–Kier alpha value is -2.17. The fourth-order valence-electron chi connectivity index (χ4n) is 2.56. The summed E-state index contributed by atoms with van der Waals surface area (Å²) in [4.78, 5) is 17.5. The molecule has 0 spiro atoms. The normalized spacial score (nSPS) is 10.6. The molecule has 124 valence electrons. The summed E-state index contributed by atoms with van der Waals surface area (Å²) >= 11 is 0. The van der Waals surface area contributed by atoms with Crippen molar-refractivity contribution in [3.63, 3.8) is 0 Å². The number of likely N-dealkylation sites (N-methyl/N-ethyl adjacent to an activating group) is 1. The van der Waals surface area contributed by atoms with Gasteiger partial charge in [-0.2, -0.15) is 0 Å². The van der Waals surface area contributed by atoms with Crippen molar-refractivity contribution >= 4 is 11.6 Å². The van der Waals surface area contributed by atoms with Crippen LogP contribution < -0.4 is 9.80 Å². The Bertz CT molecular complexity index is 567. The van der Waals surface area contributed by atoms with Crippen molar-refractivity contribution in [1.82, 2.24) is 15.0 Å². The van der Waals surface area contributed by atoms with E-state index in [4.69, 9.17) is 0 Å². The Labute approximate surface area is 139 Å². The van der Waals surface area contributed by atoms with Crippen molar-refractivity contribution in [2.45, 2.75) is 33.1 Å². The highest BCUT2D eigenvalue weighted by Gasteiger charge is 2.10. The second kappa shape index (κ2) is 9.08. The molecule has 0 aliphatic rings. The van der Waals surface area contributed by atoms with Crippen molar-refractivity contribution in [3.05, 3.63) is 42.5 Å². The highest BCUT2D eigenvalue weighted by Crippen LogP contribution is 2.17. The molecule has 2 aromatic heterocycles. The molecule has 0 N–H and O–H groups in total. The average molecular weight is 313 g/mol. The van der Waals surface area contributed by atoms with Crippen molar-refractivity contribution in [2.75, 3.05) is 36.5 Å². The summed E-state index contributed by atoms with van der Waals surface area (Å²) in [7, 11) is 2.08. The summed E-state index contributed by atoms with van der Waals surface area (Å²) in [6.07, 6.45) is 8.57. The molecule has 0 aliphatic heterocycles. The predicted octanol–water partition coefficient (Wildman–Crippen LogP) is 3.18. The van der Waals surface area contributed by atoms with Gasteiger partial charge in [0.25, 0.3) is 0 Å². The van der Waals surface area contributed by atoms with Gasteiger partial charge < -0.3 is 9.80 Å². The largest absolute Gasteiger partial charge is 0.359 e. The first kappa shape index (κ1) is 17.2. The lowest BCUT2D eigenvalue weighted by molar-refractivity contribution is 0.731. The summed E-state index contributed by atoms with van der Waals surface area (Å²) in [5, 5.41) is 0. The second-order valence-corrected chi connectivity index (χ2v) is 5.75. The van der Waals surface area contributed by atoms with Gasteiger partial charge in [-0.1, -0.05) is 13.8 Å². The van der Waals surface area contributed by atoms with Gasteiger partial charge in [0.2, 0.25) is 0 Å². The number of nitrogens with zero attached hydrogens (tertiary/aromatic N) is 5. The van der Waals surface area contributed by atoms with Crippen LogP contribution in [0.5, 0.6) is 0 Å². The standard InChI is InChI=1S/C18H27N5/c1-4-11-23(12-5-2)18-14-17(20-15-21-18)22(3)13-8-16-6-9-19-10-7-16/h6-7,9-10,14-15H,4-5,8,11-13H2,1-3H3. The summed E-state index contributed by atoms with van der Waals surface area (Å²) < 4.78 is 0.